The van der Waals surface area contributed by atoms with Gasteiger partial charge in [-0.3, -0.25) is 0 Å². The minimum absolute atomic E-state index is 0.519. The lowest BCUT2D eigenvalue weighted by atomic mass is 10.2. The fourth-order valence-corrected chi connectivity index (χ4v) is 1.25. The van der Waals surface area contributed by atoms with Crippen molar-refractivity contribution >= 4 is 17.3 Å². The fraction of sp³-hybridized carbons (Fsp3) is 0.571. The number of rotatable bonds is 3. The zero-order valence-electron chi connectivity index (χ0n) is 5.89. The van der Waals surface area contributed by atoms with Crippen LogP contribution in [-0.2, 0) is 0 Å². The smallest absolute Gasteiger partial charge is 0.166 e. The quantitative estimate of drug-likeness (QED) is 0.467. The maximum absolute atomic E-state index is 4.90. The lowest BCUT2D eigenvalue weighted by molar-refractivity contribution is 0.608. The Morgan fingerprint density at radius 3 is 3.10 bits per heavy atom. The maximum atomic E-state index is 4.90. The molecule has 2 nitrogen and oxygen atoms in total. The van der Waals surface area contributed by atoms with Gasteiger partial charge >= 0.3 is 0 Å². The molecule has 0 aromatic carbocycles. The topological polar surface area (TPSA) is 24.1 Å². The number of allylic oxidation sites excluding steroid dienone is 1. The molecule has 0 aliphatic carbocycles. The van der Waals surface area contributed by atoms with Gasteiger partial charge in [0.2, 0.25) is 0 Å². The van der Waals surface area contributed by atoms with E-state index in [1.807, 2.05) is 6.08 Å². The van der Waals surface area contributed by atoms with E-state index >= 15 is 0 Å². The first-order valence-corrected chi connectivity index (χ1v) is 3.89. The monoisotopic (exact) mass is 156 g/mol. The molecule has 56 valence electrons. The minimum atomic E-state index is 0.519. The maximum Gasteiger partial charge on any atom is 0.166 e. The Morgan fingerprint density at radius 2 is 2.60 bits per heavy atom. The van der Waals surface area contributed by atoms with Crippen LogP contribution in [-0.4, -0.2) is 17.7 Å². The molecule has 0 saturated carbocycles. The van der Waals surface area contributed by atoms with Crippen LogP contribution in [0.1, 0.15) is 12.8 Å². The van der Waals surface area contributed by atoms with Gasteiger partial charge in [0.25, 0.3) is 0 Å². The van der Waals surface area contributed by atoms with E-state index in [9.17, 15) is 0 Å². The molecule has 1 rings (SSSR count). The zero-order chi connectivity index (χ0) is 7.40. The molecule has 10 heavy (non-hydrogen) atoms. The van der Waals surface area contributed by atoms with Gasteiger partial charge in [-0.05, 0) is 25.1 Å². The van der Waals surface area contributed by atoms with E-state index in [2.05, 4.69) is 17.2 Å². The van der Waals surface area contributed by atoms with Gasteiger partial charge in [-0.2, -0.15) is 0 Å². The Kier molecular flexibility index (Phi) is 2.68. The van der Waals surface area contributed by atoms with Crippen LogP contribution in [0.15, 0.2) is 12.7 Å². The van der Waals surface area contributed by atoms with Gasteiger partial charge in [0, 0.05) is 12.6 Å². The van der Waals surface area contributed by atoms with Crippen molar-refractivity contribution in [3.63, 3.8) is 0 Å². The molecule has 0 bridgehead atoms. The fourth-order valence-electron chi connectivity index (χ4n) is 0.997. The molecule has 1 aliphatic rings. The summed E-state index contributed by atoms with van der Waals surface area (Å²) in [7, 11) is 0. The van der Waals surface area contributed by atoms with Crippen molar-refractivity contribution in [2.45, 2.75) is 18.9 Å². The first-order valence-electron chi connectivity index (χ1n) is 3.48. The second kappa shape index (κ2) is 3.56. The molecule has 1 atom stereocenters. The molecule has 1 unspecified atom stereocenters. The third-order valence-corrected chi connectivity index (χ3v) is 1.83. The molecule has 2 N–H and O–H groups in total. The first kappa shape index (κ1) is 7.54. The van der Waals surface area contributed by atoms with Crippen LogP contribution in [0.25, 0.3) is 0 Å². The number of hydrogen-bond acceptors (Lipinski definition) is 1. The van der Waals surface area contributed by atoms with Gasteiger partial charge in [-0.25, -0.2) is 0 Å². The number of hydrogen-bond donors (Lipinski definition) is 2. The largest absolute Gasteiger partial charge is 0.361 e. The highest BCUT2D eigenvalue weighted by Gasteiger charge is 2.15. The molecule has 1 saturated heterocycles. The van der Waals surface area contributed by atoms with Crippen molar-refractivity contribution in [1.82, 2.24) is 10.6 Å². The molecule has 1 fully saturated rings. The van der Waals surface area contributed by atoms with Gasteiger partial charge in [-0.1, -0.05) is 6.08 Å². The molecular formula is C7H12N2S. The van der Waals surface area contributed by atoms with Crippen molar-refractivity contribution in [2.24, 2.45) is 0 Å². The summed E-state index contributed by atoms with van der Waals surface area (Å²) in [5.74, 6) is 0. The van der Waals surface area contributed by atoms with E-state index in [0.29, 0.717) is 6.04 Å². The summed E-state index contributed by atoms with van der Waals surface area (Å²) in [6.45, 7) is 4.62. The summed E-state index contributed by atoms with van der Waals surface area (Å²) in [6.07, 6.45) is 4.11. The van der Waals surface area contributed by atoms with Gasteiger partial charge < -0.3 is 10.6 Å². The van der Waals surface area contributed by atoms with Crippen molar-refractivity contribution in [3.8, 4) is 0 Å². The summed E-state index contributed by atoms with van der Waals surface area (Å²) in [6, 6.07) is 0.519. The standard InChI is InChI=1S/C7H12N2S/c1-2-3-4-6-5-8-7(10)9-6/h2,6H,1,3-5H2,(H2,8,9,10). The van der Waals surface area contributed by atoms with Gasteiger partial charge in [-0.15, -0.1) is 6.58 Å². The third kappa shape index (κ3) is 1.99. The van der Waals surface area contributed by atoms with Crippen molar-refractivity contribution in [3.05, 3.63) is 12.7 Å². The van der Waals surface area contributed by atoms with E-state index in [4.69, 9.17) is 12.2 Å². The van der Waals surface area contributed by atoms with Gasteiger partial charge in [0.15, 0.2) is 5.11 Å². The third-order valence-electron chi connectivity index (χ3n) is 1.56. The highest BCUT2D eigenvalue weighted by Crippen LogP contribution is 2.00. The van der Waals surface area contributed by atoms with Gasteiger partial charge in [0.1, 0.15) is 0 Å². The van der Waals surface area contributed by atoms with Crippen LogP contribution in [0.4, 0.5) is 0 Å². The SMILES string of the molecule is C=CCCC1CNC(=S)N1. The second-order valence-electron chi connectivity index (χ2n) is 2.42. The van der Waals surface area contributed by atoms with E-state index in [-0.39, 0.29) is 0 Å². The lowest BCUT2D eigenvalue weighted by Crippen LogP contribution is -2.25. The van der Waals surface area contributed by atoms with Crippen LogP contribution in [0, 0.1) is 0 Å². The summed E-state index contributed by atoms with van der Waals surface area (Å²) in [4.78, 5) is 0. The molecular weight excluding hydrogens is 144 g/mol. The molecule has 1 heterocycles. The Hall–Kier alpha value is -0.570. The van der Waals surface area contributed by atoms with Crippen LogP contribution in [0.2, 0.25) is 0 Å². The molecule has 3 heteroatoms. The Bertz CT molecular complexity index is 145. The minimum Gasteiger partial charge on any atom is -0.361 e. The van der Waals surface area contributed by atoms with Gasteiger partial charge in [0.05, 0.1) is 0 Å². The van der Waals surface area contributed by atoms with E-state index in [1.165, 1.54) is 0 Å². The predicted octanol–water partition coefficient (Wildman–Crippen LogP) is 0.799. The lowest BCUT2D eigenvalue weighted by Gasteiger charge is -2.05. The van der Waals surface area contributed by atoms with E-state index < -0.39 is 0 Å². The Morgan fingerprint density at radius 1 is 1.80 bits per heavy atom. The molecule has 0 aromatic rings. The van der Waals surface area contributed by atoms with Crippen LogP contribution >= 0.6 is 12.2 Å². The van der Waals surface area contributed by atoms with E-state index in [0.717, 1.165) is 24.5 Å². The number of nitrogens with one attached hydrogen (secondary N) is 2. The predicted molar refractivity (Wildman–Crippen MR) is 47.0 cm³/mol. The van der Waals surface area contributed by atoms with Crippen LogP contribution in [0.3, 0.4) is 0 Å². The average Bonchev–Trinajstić information content (AvgIpc) is 2.31. The number of thiocarbonyl (C=S) groups is 1. The van der Waals surface area contributed by atoms with Crippen LogP contribution in [0.5, 0.6) is 0 Å². The molecule has 0 radical (unpaired) electrons. The molecule has 0 amide bonds. The normalized spacial score (nSPS) is 23.6. The molecule has 1 aliphatic heterocycles. The molecule has 0 aromatic heterocycles. The average molecular weight is 156 g/mol. The van der Waals surface area contributed by atoms with Crippen molar-refractivity contribution in [1.29, 1.82) is 0 Å². The first-order chi connectivity index (χ1) is 4.83. The summed E-state index contributed by atoms with van der Waals surface area (Å²) < 4.78 is 0. The van der Waals surface area contributed by atoms with Crippen molar-refractivity contribution in [2.75, 3.05) is 6.54 Å². The van der Waals surface area contributed by atoms with E-state index in [1.54, 1.807) is 0 Å². The second-order valence-corrected chi connectivity index (χ2v) is 2.83. The van der Waals surface area contributed by atoms with Crippen molar-refractivity contribution < 1.29 is 0 Å². The highest BCUT2D eigenvalue weighted by atomic mass is 32.1. The summed E-state index contributed by atoms with van der Waals surface area (Å²) in [5, 5.41) is 7.01. The summed E-state index contributed by atoms with van der Waals surface area (Å²) >= 11 is 4.90. The highest BCUT2D eigenvalue weighted by molar-refractivity contribution is 7.80. The summed E-state index contributed by atoms with van der Waals surface area (Å²) in [5.41, 5.74) is 0. The zero-order valence-corrected chi connectivity index (χ0v) is 6.71. The Balaban J connectivity index is 2.18. The van der Waals surface area contributed by atoms with Crippen LogP contribution < -0.4 is 10.6 Å². The molecule has 0 spiro atoms. The Labute approximate surface area is 66.7 Å².